The van der Waals surface area contributed by atoms with E-state index in [4.69, 9.17) is 0 Å². The van der Waals surface area contributed by atoms with Crippen molar-refractivity contribution in [3.63, 3.8) is 0 Å². The fourth-order valence-corrected chi connectivity index (χ4v) is 20.5. The van der Waals surface area contributed by atoms with Crippen molar-refractivity contribution < 1.29 is 44.1 Å². The van der Waals surface area contributed by atoms with Crippen LogP contribution in [-0.4, -0.2) is 9.97 Å². The Kier molecular flexibility index (Phi) is 36.7. The van der Waals surface area contributed by atoms with E-state index in [1.165, 1.54) is 87.9 Å². The molecule has 0 atom stereocenters. The van der Waals surface area contributed by atoms with Crippen LogP contribution in [0.3, 0.4) is 0 Å². The van der Waals surface area contributed by atoms with Gasteiger partial charge in [-0.05, 0) is 176 Å². The van der Waals surface area contributed by atoms with Gasteiger partial charge in [0.05, 0.1) is 10.2 Å². The Hall–Kier alpha value is -9.63. The Labute approximate surface area is 668 Å². The third-order valence-electron chi connectivity index (χ3n) is 15.6. The van der Waals surface area contributed by atoms with Crippen molar-refractivity contribution in [1.82, 2.24) is 9.97 Å². The molecule has 0 radical (unpaired) electrons. The van der Waals surface area contributed by atoms with E-state index in [0.717, 1.165) is 16.7 Å². The first-order valence-corrected chi connectivity index (χ1v) is 41.0. The minimum atomic E-state index is -0.594. The molecule has 0 amide bonds. The van der Waals surface area contributed by atoms with Gasteiger partial charge in [-0.15, -0.1) is 0 Å². The summed E-state index contributed by atoms with van der Waals surface area (Å²) in [5, 5.41) is 16.8. The zero-order valence-corrected chi connectivity index (χ0v) is 66.7. The summed E-state index contributed by atoms with van der Waals surface area (Å²) in [7, 11) is -1.78. The summed E-state index contributed by atoms with van der Waals surface area (Å²) in [5.41, 5.74) is 0.817. The Bertz CT molecular complexity index is 4220. The average Bonchev–Trinajstić information content (AvgIpc) is 0.846. The summed E-state index contributed by atoms with van der Waals surface area (Å²) in [5.74, 6) is -2.31. The summed E-state index contributed by atoms with van der Waals surface area (Å²) in [6.45, 7) is 0. The molecule has 0 fully saturated rings. The second-order valence-electron chi connectivity index (χ2n) is 22.9. The van der Waals surface area contributed by atoms with E-state index in [2.05, 4.69) is 406 Å². The second-order valence-corrected chi connectivity index (χ2v) is 33.5. The van der Waals surface area contributed by atoms with Gasteiger partial charge in [-0.3, -0.25) is 9.69 Å². The normalized spacial score (nSPS) is 10.1. The molecular formula is C94H77Br2F5N2P4Pd. The first-order chi connectivity index (χ1) is 52.2. The first kappa shape index (κ1) is 84.0. The molecule has 0 saturated heterocycles. The average molecular weight is 1720 g/mol. The molecule has 108 heavy (non-hydrogen) atoms. The van der Waals surface area contributed by atoms with Crippen LogP contribution >= 0.6 is 63.5 Å². The number of hydrogen-bond donors (Lipinski definition) is 0. The fourth-order valence-electron chi connectivity index (χ4n) is 10.7. The molecule has 2 aromatic heterocycles. The Morgan fingerprint density at radius 2 is 0.426 bits per heavy atom. The van der Waals surface area contributed by atoms with Crippen LogP contribution in [-0.2, 0) is 20.4 Å². The molecule has 16 rings (SSSR count). The van der Waals surface area contributed by atoms with Gasteiger partial charge in [0.15, 0.2) is 0 Å². The number of rotatable bonds is 13. The molecule has 0 bridgehead atoms. The minimum absolute atomic E-state index is 0. The van der Waals surface area contributed by atoms with Crippen molar-refractivity contribution in [2.45, 2.75) is 0 Å². The smallest absolute Gasteiger partial charge is 0.140 e. The van der Waals surface area contributed by atoms with Crippen molar-refractivity contribution in [1.29, 1.82) is 0 Å². The van der Waals surface area contributed by atoms with E-state index < -0.39 is 55.0 Å². The molecule has 0 N–H and O–H groups in total. The fraction of sp³-hybridized carbons (Fsp3) is 0. The van der Waals surface area contributed by atoms with Gasteiger partial charge in [0.2, 0.25) is 0 Å². The Morgan fingerprint density at radius 1 is 0.222 bits per heavy atom. The zero-order chi connectivity index (χ0) is 73.6. The molecule has 0 unspecified atom stereocenters. The van der Waals surface area contributed by atoms with Gasteiger partial charge >= 0.3 is 0 Å². The maximum Gasteiger partial charge on any atom is 0.140 e. The van der Waals surface area contributed by atoms with Crippen molar-refractivity contribution >= 4 is 127 Å². The van der Waals surface area contributed by atoms with Crippen LogP contribution in [0.5, 0.6) is 0 Å². The number of halogens is 7. The summed E-state index contributed by atoms with van der Waals surface area (Å²) >= 11 is 6.09. The molecule has 14 aromatic carbocycles. The molecular weight excluding hydrogens is 1640 g/mol. The van der Waals surface area contributed by atoms with Crippen molar-refractivity contribution in [3.8, 4) is 11.3 Å². The molecule has 16 aromatic rings. The van der Waals surface area contributed by atoms with Crippen LogP contribution in [0.1, 0.15) is 1.43 Å². The van der Waals surface area contributed by atoms with E-state index in [0.29, 0.717) is 11.3 Å². The number of pyridine rings is 2. The zero-order valence-electron chi connectivity index (χ0n) is 58.4. The molecule has 0 aliphatic carbocycles. The van der Waals surface area contributed by atoms with E-state index >= 15 is 0 Å². The molecule has 0 saturated carbocycles. The monoisotopic (exact) mass is 1720 g/mol. The van der Waals surface area contributed by atoms with E-state index in [9.17, 15) is 17.6 Å². The second kappa shape index (κ2) is 47.2. The summed E-state index contributed by atoms with van der Waals surface area (Å²) in [6.07, 6.45) is 3.31. The molecule has 14 heteroatoms. The number of aromatic nitrogens is 2. The van der Waals surface area contributed by atoms with Crippen molar-refractivity contribution in [3.05, 3.63) is 482 Å². The molecule has 0 aliphatic rings. The molecule has 0 spiro atoms. The van der Waals surface area contributed by atoms with Gasteiger partial charge in [-0.2, -0.15) is 0 Å². The van der Waals surface area contributed by atoms with Crippen LogP contribution in [0.25, 0.3) is 11.3 Å². The van der Waals surface area contributed by atoms with Gasteiger partial charge in [0, 0.05) is 51.9 Å². The van der Waals surface area contributed by atoms with E-state index in [1.54, 1.807) is 30.6 Å². The number of benzene rings is 14. The van der Waals surface area contributed by atoms with Crippen LogP contribution in [0.2, 0.25) is 0 Å². The Balaban J connectivity index is 0.000000180. The predicted octanol–water partition coefficient (Wildman–Crippen LogP) is 21.8. The molecule has 2 nitrogen and oxygen atoms in total. The largest absolute Gasteiger partial charge is 0.269 e. The van der Waals surface area contributed by atoms with Crippen LogP contribution < -0.4 is 63.7 Å². The van der Waals surface area contributed by atoms with E-state index in [1.807, 2.05) is 18.2 Å². The van der Waals surface area contributed by atoms with Gasteiger partial charge < -0.3 is 0 Å². The SMILES string of the molecule is Brc1ccccn1.F.Fc1ccc(-c2ccccn2)c(F)c1.Fc1ccc(Br)c(F)c1.[3HH].[Pd].c1ccc(P(c2ccccc2)c2ccccc2)cc1.c1ccc(P(c2ccccc2)c2ccccc2)cc1.c1ccc(P(c2ccccc2)c2ccccc2)cc1.c1ccc(P(c2ccccc2)c2ccccc2)cc1. The maximum absolute atomic E-state index is 13.3. The van der Waals surface area contributed by atoms with Crippen LogP contribution in [0.4, 0.5) is 22.3 Å². The third-order valence-corrected chi connectivity index (χ3v) is 26.4. The van der Waals surface area contributed by atoms with Crippen molar-refractivity contribution in [2.75, 3.05) is 0 Å². The minimum Gasteiger partial charge on any atom is -0.269 e. The summed E-state index contributed by atoms with van der Waals surface area (Å²) < 4.78 is 51.4. The standard InChI is InChI=1S/4C18H15P.C11H7F2N.C6H3BrF2.C5H4BrN.FH.Pd.H2/c4*1-4-10-16(11-5-1)19(17-12-6-2-7-13-17)18-14-8-3-9-15-18;12-8-4-5-9(10(13)7-8)11-3-1-2-6-14-11;7-5-2-1-4(8)3-6(5)9;6-5-3-1-2-4-7-5;;;/h4*1-15H;1-7H;1-3H;1-4H;1H;;1H/i;;;;;;;;;1+2. The Morgan fingerprint density at radius 3 is 0.593 bits per heavy atom. The van der Waals surface area contributed by atoms with Gasteiger partial charge in [0.25, 0.3) is 0 Å². The van der Waals surface area contributed by atoms with Crippen LogP contribution in [0, 0.1) is 23.3 Å². The topological polar surface area (TPSA) is 25.8 Å². The van der Waals surface area contributed by atoms with Crippen LogP contribution in [0.15, 0.2) is 458 Å². The quantitative estimate of drug-likeness (QED) is 0.0378. The maximum atomic E-state index is 13.3. The van der Waals surface area contributed by atoms with E-state index in [-0.39, 0.29) is 31.0 Å². The number of nitrogens with zero attached hydrogens (tertiary/aromatic N) is 2. The summed E-state index contributed by atoms with van der Waals surface area (Å²) in [4.78, 5) is 7.87. The van der Waals surface area contributed by atoms with Gasteiger partial charge in [0.1, 0.15) is 27.9 Å². The van der Waals surface area contributed by atoms with Gasteiger partial charge in [-0.25, -0.2) is 22.5 Å². The third kappa shape index (κ3) is 26.9. The molecule has 542 valence electrons. The first-order valence-electron chi connectivity index (χ1n) is 34.0. The van der Waals surface area contributed by atoms with Gasteiger partial charge in [-0.1, -0.05) is 376 Å². The molecule has 0 aliphatic heterocycles. The van der Waals surface area contributed by atoms with Crippen molar-refractivity contribution in [2.24, 2.45) is 0 Å². The molecule has 2 heterocycles. The predicted molar refractivity (Wildman–Crippen MR) is 461 cm³/mol. The summed E-state index contributed by atoms with van der Waals surface area (Å²) in [6, 6.07) is 147. The number of hydrogen-bond acceptors (Lipinski definition) is 2.